The van der Waals surface area contributed by atoms with E-state index < -0.39 is 0 Å². The average Bonchev–Trinajstić information content (AvgIpc) is 3.70. The van der Waals surface area contributed by atoms with Crippen molar-refractivity contribution in [3.8, 4) is 21.9 Å². The zero-order valence-electron chi connectivity index (χ0n) is 22.8. The van der Waals surface area contributed by atoms with E-state index in [-0.39, 0.29) is 11.9 Å². The summed E-state index contributed by atoms with van der Waals surface area (Å²) in [7, 11) is 1.72. The normalized spacial score (nSPS) is 17.6. The predicted octanol–water partition coefficient (Wildman–Crippen LogP) is 6.73. The number of nitrogens with zero attached hydrogens (tertiary/aromatic N) is 1. The second-order valence-corrected chi connectivity index (χ2v) is 11.9. The average molecular weight is 541 g/mol. The highest BCUT2D eigenvalue weighted by Gasteiger charge is 2.21. The van der Waals surface area contributed by atoms with Crippen LogP contribution >= 0.6 is 11.3 Å². The number of thiophene rings is 1. The number of fused-ring (bicyclic) bond motifs is 1. The fourth-order valence-electron chi connectivity index (χ4n) is 5.80. The number of nitrogens with one attached hydrogen (secondary N) is 1. The van der Waals surface area contributed by atoms with Gasteiger partial charge in [0.1, 0.15) is 18.1 Å². The third-order valence-corrected chi connectivity index (χ3v) is 9.28. The second-order valence-electron chi connectivity index (χ2n) is 10.8. The number of rotatable bonds is 9. The maximum atomic E-state index is 11.5. The Morgan fingerprint density at radius 1 is 1.00 bits per heavy atom. The largest absolute Gasteiger partial charge is 0.497 e. The van der Waals surface area contributed by atoms with Gasteiger partial charge in [-0.1, -0.05) is 18.2 Å². The van der Waals surface area contributed by atoms with E-state index in [2.05, 4.69) is 65.7 Å². The zero-order chi connectivity index (χ0) is 26.8. The molecule has 1 N–H and O–H groups in total. The number of ether oxygens (including phenoxy) is 2. The summed E-state index contributed by atoms with van der Waals surface area (Å²) >= 11 is 1.82. The number of carbonyl (C=O) groups is 1. The van der Waals surface area contributed by atoms with Crippen LogP contribution in [0.25, 0.3) is 20.5 Å². The molecule has 3 heterocycles. The van der Waals surface area contributed by atoms with E-state index in [1.807, 2.05) is 23.5 Å². The Morgan fingerprint density at radius 2 is 1.79 bits per heavy atom. The maximum Gasteiger partial charge on any atom is 0.220 e. The van der Waals surface area contributed by atoms with Gasteiger partial charge in [0.25, 0.3) is 0 Å². The molecule has 0 aliphatic carbocycles. The van der Waals surface area contributed by atoms with Crippen LogP contribution in [0.3, 0.4) is 0 Å². The summed E-state index contributed by atoms with van der Waals surface area (Å²) in [6, 6.07) is 21.9. The Balaban J connectivity index is 1.26. The van der Waals surface area contributed by atoms with Gasteiger partial charge in [-0.25, -0.2) is 0 Å². The van der Waals surface area contributed by atoms with Crippen molar-refractivity contribution in [2.24, 2.45) is 0 Å². The van der Waals surface area contributed by atoms with Crippen LogP contribution in [-0.4, -0.2) is 43.7 Å². The van der Waals surface area contributed by atoms with Gasteiger partial charge in [-0.3, -0.25) is 9.69 Å². The fourth-order valence-corrected chi connectivity index (χ4v) is 7.05. The fraction of sp³-hybridized carbons (Fsp3) is 0.364. The Kier molecular flexibility index (Phi) is 7.58. The molecule has 0 radical (unpaired) electrons. The molecule has 2 saturated heterocycles. The lowest BCUT2D eigenvalue weighted by atomic mass is 9.96. The SMILES string of the molecule is COc1ccc2c(Cc3ccc(CN4CCCC4)c(C)c3)c(-c3ccc(OCC4CCC(=O)N4)cc3)sc2c1. The third kappa shape index (κ3) is 5.82. The monoisotopic (exact) mass is 540 g/mol. The van der Waals surface area contributed by atoms with Gasteiger partial charge in [0, 0.05) is 22.5 Å². The van der Waals surface area contributed by atoms with E-state index in [4.69, 9.17) is 9.47 Å². The third-order valence-electron chi connectivity index (χ3n) is 8.03. The minimum atomic E-state index is 0.103. The zero-order valence-corrected chi connectivity index (χ0v) is 23.6. The molecule has 1 aromatic heterocycles. The number of likely N-dealkylation sites (tertiary alicyclic amines) is 1. The highest BCUT2D eigenvalue weighted by molar-refractivity contribution is 7.22. The first kappa shape index (κ1) is 25.9. The number of methoxy groups -OCH3 is 1. The van der Waals surface area contributed by atoms with Crippen LogP contribution in [0.5, 0.6) is 11.5 Å². The number of hydrogen-bond donors (Lipinski definition) is 1. The standard InChI is InChI=1S/C33H36N2O3S/c1-22-17-23(5-6-25(22)20-35-15-3-4-16-35)18-30-29-13-12-28(37-2)19-31(29)39-33(30)24-7-10-27(11-8-24)38-21-26-9-14-32(36)34-26/h5-8,10-13,17,19,26H,3-4,9,14-16,18,20-21H2,1-2H3,(H,34,36). The molecule has 0 saturated carbocycles. The number of aryl methyl sites for hydroxylation is 1. The Hall–Kier alpha value is -3.35. The molecule has 5 nitrogen and oxygen atoms in total. The van der Waals surface area contributed by atoms with Gasteiger partial charge in [0.2, 0.25) is 5.91 Å². The van der Waals surface area contributed by atoms with Crippen molar-refractivity contribution >= 4 is 27.3 Å². The van der Waals surface area contributed by atoms with Gasteiger partial charge < -0.3 is 14.8 Å². The lowest BCUT2D eigenvalue weighted by Gasteiger charge is -2.17. The molecule has 2 aliphatic rings. The van der Waals surface area contributed by atoms with Gasteiger partial charge >= 0.3 is 0 Å². The minimum Gasteiger partial charge on any atom is -0.497 e. The highest BCUT2D eigenvalue weighted by Crippen LogP contribution is 2.41. The molecular weight excluding hydrogens is 504 g/mol. The molecule has 2 fully saturated rings. The van der Waals surface area contributed by atoms with Crippen molar-refractivity contribution in [2.45, 2.75) is 51.6 Å². The quantitative estimate of drug-likeness (QED) is 0.256. The second kappa shape index (κ2) is 11.4. The molecule has 2 aliphatic heterocycles. The molecule has 3 aromatic carbocycles. The number of amides is 1. The van der Waals surface area contributed by atoms with Crippen LogP contribution in [0.2, 0.25) is 0 Å². The molecule has 6 heteroatoms. The van der Waals surface area contributed by atoms with Gasteiger partial charge in [0.05, 0.1) is 13.2 Å². The van der Waals surface area contributed by atoms with Crippen LogP contribution in [0.4, 0.5) is 0 Å². The van der Waals surface area contributed by atoms with E-state index >= 15 is 0 Å². The highest BCUT2D eigenvalue weighted by atomic mass is 32.1. The van der Waals surface area contributed by atoms with E-state index in [0.717, 1.165) is 30.9 Å². The summed E-state index contributed by atoms with van der Waals surface area (Å²) in [6.07, 6.45) is 4.95. The van der Waals surface area contributed by atoms with Crippen molar-refractivity contribution in [2.75, 3.05) is 26.8 Å². The molecule has 202 valence electrons. The van der Waals surface area contributed by atoms with Crippen LogP contribution in [0.1, 0.15) is 47.9 Å². The lowest BCUT2D eigenvalue weighted by molar-refractivity contribution is -0.119. The van der Waals surface area contributed by atoms with Gasteiger partial charge in [0.15, 0.2) is 0 Å². The van der Waals surface area contributed by atoms with Crippen LogP contribution < -0.4 is 14.8 Å². The molecule has 4 aromatic rings. The number of hydrogen-bond acceptors (Lipinski definition) is 5. The Labute approximate surface area is 234 Å². The lowest BCUT2D eigenvalue weighted by Crippen LogP contribution is -2.30. The Bertz CT molecular complexity index is 1470. The van der Waals surface area contributed by atoms with E-state index in [9.17, 15) is 4.79 Å². The first-order valence-corrected chi connectivity index (χ1v) is 14.8. The molecule has 1 atom stereocenters. The maximum absolute atomic E-state index is 11.5. The summed E-state index contributed by atoms with van der Waals surface area (Å²) in [5.74, 6) is 1.82. The van der Waals surface area contributed by atoms with Gasteiger partial charge in [-0.15, -0.1) is 11.3 Å². The number of carbonyl (C=O) groups excluding carboxylic acids is 1. The molecule has 0 bridgehead atoms. The Morgan fingerprint density at radius 3 is 2.51 bits per heavy atom. The molecule has 6 rings (SSSR count). The summed E-state index contributed by atoms with van der Waals surface area (Å²) < 4.78 is 12.8. The number of benzene rings is 3. The smallest absolute Gasteiger partial charge is 0.220 e. The van der Waals surface area contributed by atoms with E-state index in [1.165, 1.54) is 68.7 Å². The summed E-state index contributed by atoms with van der Waals surface area (Å²) in [4.78, 5) is 15.3. The molecule has 1 amide bonds. The predicted molar refractivity (Wildman–Crippen MR) is 159 cm³/mol. The van der Waals surface area contributed by atoms with Crippen molar-refractivity contribution in [1.29, 1.82) is 0 Å². The summed E-state index contributed by atoms with van der Waals surface area (Å²) in [6.45, 7) is 6.25. The van der Waals surface area contributed by atoms with Crippen molar-refractivity contribution < 1.29 is 14.3 Å². The summed E-state index contributed by atoms with van der Waals surface area (Å²) in [5, 5.41) is 4.25. The van der Waals surface area contributed by atoms with Gasteiger partial charge in [-0.05, 0) is 121 Å². The van der Waals surface area contributed by atoms with Crippen molar-refractivity contribution in [3.63, 3.8) is 0 Å². The first-order chi connectivity index (χ1) is 19.1. The molecule has 39 heavy (non-hydrogen) atoms. The van der Waals surface area contributed by atoms with Crippen LogP contribution in [-0.2, 0) is 17.8 Å². The van der Waals surface area contributed by atoms with Crippen LogP contribution in [0, 0.1) is 6.92 Å². The van der Waals surface area contributed by atoms with Crippen LogP contribution in [0.15, 0.2) is 60.7 Å². The van der Waals surface area contributed by atoms with E-state index in [0.29, 0.717) is 13.0 Å². The van der Waals surface area contributed by atoms with Crippen molar-refractivity contribution in [3.05, 3.63) is 82.9 Å². The molecular formula is C33H36N2O3S. The van der Waals surface area contributed by atoms with Crippen molar-refractivity contribution in [1.82, 2.24) is 10.2 Å². The minimum absolute atomic E-state index is 0.103. The first-order valence-electron chi connectivity index (χ1n) is 14.0. The molecule has 0 spiro atoms. The van der Waals surface area contributed by atoms with E-state index in [1.54, 1.807) is 7.11 Å². The summed E-state index contributed by atoms with van der Waals surface area (Å²) in [5.41, 5.74) is 6.70. The molecule has 1 unspecified atom stereocenters. The topological polar surface area (TPSA) is 50.8 Å². The van der Waals surface area contributed by atoms with Gasteiger partial charge in [-0.2, -0.15) is 0 Å².